The van der Waals surface area contributed by atoms with Crippen LogP contribution in [0.5, 0.6) is 0 Å². The third-order valence-electron chi connectivity index (χ3n) is 4.78. The van der Waals surface area contributed by atoms with Gasteiger partial charge in [0.05, 0.1) is 17.5 Å². The second-order valence-electron chi connectivity index (χ2n) is 6.67. The largest absolute Gasteiger partial charge is 0.436 e. The van der Waals surface area contributed by atoms with Crippen LogP contribution in [0.4, 0.5) is 5.95 Å². The third kappa shape index (κ3) is 3.12. The van der Waals surface area contributed by atoms with E-state index in [1.54, 1.807) is 12.4 Å². The number of nitrogens with two attached hydrogens (primary N) is 1. The molecule has 0 aliphatic heterocycles. The van der Waals surface area contributed by atoms with Crippen LogP contribution in [0.2, 0.25) is 0 Å². The molecular weight excluding hydrogens is 364 g/mol. The zero-order valence-corrected chi connectivity index (χ0v) is 15.8. The van der Waals surface area contributed by atoms with Gasteiger partial charge in [0.1, 0.15) is 5.65 Å². The highest BCUT2D eigenvalue weighted by atomic mass is 16.4. The van der Waals surface area contributed by atoms with Crippen LogP contribution in [0, 0.1) is 0 Å². The molecule has 4 heterocycles. The van der Waals surface area contributed by atoms with Gasteiger partial charge in [0.25, 0.3) is 0 Å². The molecule has 0 amide bonds. The fourth-order valence-corrected chi connectivity index (χ4v) is 3.31. The Labute approximate surface area is 166 Å². The van der Waals surface area contributed by atoms with Crippen LogP contribution in [0.15, 0.2) is 65.5 Å². The molecule has 0 spiro atoms. The molecule has 4 aromatic heterocycles. The highest BCUT2D eigenvalue weighted by Gasteiger charge is 2.14. The molecule has 5 aromatic rings. The lowest BCUT2D eigenvalue weighted by atomic mass is 10.1. The monoisotopic (exact) mass is 382 g/mol. The van der Waals surface area contributed by atoms with Crippen molar-refractivity contribution < 1.29 is 4.42 Å². The van der Waals surface area contributed by atoms with E-state index in [2.05, 4.69) is 24.9 Å². The van der Waals surface area contributed by atoms with Gasteiger partial charge in [-0.3, -0.25) is 0 Å². The number of pyridine rings is 1. The van der Waals surface area contributed by atoms with E-state index >= 15 is 0 Å². The number of fused-ring (bicyclic) bond motifs is 1. The summed E-state index contributed by atoms with van der Waals surface area (Å²) in [6.07, 6.45) is 6.14. The van der Waals surface area contributed by atoms with Crippen molar-refractivity contribution in [2.45, 2.75) is 13.3 Å². The van der Waals surface area contributed by atoms with Gasteiger partial charge < -0.3 is 15.1 Å². The minimum atomic E-state index is 0.262. The van der Waals surface area contributed by atoms with Gasteiger partial charge in [-0.15, -0.1) is 0 Å². The van der Waals surface area contributed by atoms with Crippen LogP contribution in [-0.2, 0) is 6.42 Å². The zero-order chi connectivity index (χ0) is 19.8. The Kier molecular flexibility index (Phi) is 4.05. The predicted octanol–water partition coefficient (Wildman–Crippen LogP) is 4.49. The van der Waals surface area contributed by atoms with Gasteiger partial charge >= 0.3 is 0 Å². The molecule has 0 aliphatic rings. The van der Waals surface area contributed by atoms with Gasteiger partial charge in [-0.1, -0.05) is 37.3 Å². The first-order chi connectivity index (χ1) is 14.2. The first-order valence-electron chi connectivity index (χ1n) is 9.34. The number of rotatable bonds is 4. The third-order valence-corrected chi connectivity index (χ3v) is 4.78. The second kappa shape index (κ2) is 6.87. The molecule has 0 aliphatic carbocycles. The molecule has 0 bridgehead atoms. The minimum absolute atomic E-state index is 0.262. The Bertz CT molecular complexity index is 1310. The van der Waals surface area contributed by atoms with E-state index in [0.717, 1.165) is 45.5 Å². The van der Waals surface area contributed by atoms with Gasteiger partial charge in [0.15, 0.2) is 5.76 Å². The number of nitrogen functional groups attached to an aromatic ring is 1. The maximum Gasteiger partial charge on any atom is 0.228 e. The normalized spacial score (nSPS) is 11.2. The molecule has 0 fully saturated rings. The van der Waals surface area contributed by atoms with Crippen molar-refractivity contribution in [3.8, 4) is 34.0 Å². The van der Waals surface area contributed by atoms with E-state index in [1.807, 2.05) is 55.6 Å². The van der Waals surface area contributed by atoms with E-state index in [4.69, 9.17) is 10.2 Å². The van der Waals surface area contributed by atoms with Crippen molar-refractivity contribution in [3.05, 3.63) is 66.7 Å². The first-order valence-corrected chi connectivity index (χ1v) is 9.34. The topological polar surface area (TPSA) is 107 Å². The summed E-state index contributed by atoms with van der Waals surface area (Å²) in [7, 11) is 0. The molecule has 3 N–H and O–H groups in total. The molecule has 0 atom stereocenters. The Morgan fingerprint density at radius 2 is 1.86 bits per heavy atom. The lowest BCUT2D eigenvalue weighted by Gasteiger charge is -2.04. The number of aryl methyl sites for hydroxylation is 1. The average molecular weight is 382 g/mol. The van der Waals surface area contributed by atoms with Crippen LogP contribution < -0.4 is 5.73 Å². The van der Waals surface area contributed by atoms with Gasteiger partial charge in [0.2, 0.25) is 11.8 Å². The van der Waals surface area contributed by atoms with E-state index in [0.29, 0.717) is 11.7 Å². The Morgan fingerprint density at radius 3 is 2.69 bits per heavy atom. The zero-order valence-electron chi connectivity index (χ0n) is 15.8. The van der Waals surface area contributed by atoms with E-state index < -0.39 is 0 Å². The Morgan fingerprint density at radius 1 is 1.00 bits per heavy atom. The summed E-state index contributed by atoms with van der Waals surface area (Å²) in [5, 5.41) is 0.919. The van der Waals surface area contributed by atoms with Crippen molar-refractivity contribution in [2.75, 3.05) is 5.73 Å². The van der Waals surface area contributed by atoms with E-state index in [1.165, 1.54) is 0 Å². The summed E-state index contributed by atoms with van der Waals surface area (Å²) in [5.41, 5.74) is 11.0. The van der Waals surface area contributed by atoms with Crippen LogP contribution in [-0.4, -0.2) is 24.9 Å². The molecule has 142 valence electrons. The number of anilines is 1. The smallest absolute Gasteiger partial charge is 0.228 e. The standard InChI is InChI=1S/C22H18N6O/c1-2-15-9-18(28-22(23)27-15)17-11-25-20-16(17)8-14(10-24-20)21-26-12-19(29-21)13-6-4-3-5-7-13/h3-12H,2H2,1H3,(H,24,25)(H2,23,27,28). The summed E-state index contributed by atoms with van der Waals surface area (Å²) >= 11 is 0. The van der Waals surface area contributed by atoms with Gasteiger partial charge in [0, 0.05) is 34.6 Å². The Balaban J connectivity index is 1.59. The SMILES string of the molecule is CCc1cc(-c2c[nH]c3ncc(-c4ncc(-c5ccccc5)o4)cc23)nc(N)n1. The van der Waals surface area contributed by atoms with Crippen molar-refractivity contribution in [2.24, 2.45) is 0 Å². The lowest BCUT2D eigenvalue weighted by Crippen LogP contribution is -2.00. The van der Waals surface area contributed by atoms with Crippen LogP contribution >= 0.6 is 0 Å². The molecule has 7 heteroatoms. The van der Waals surface area contributed by atoms with E-state index in [9.17, 15) is 0 Å². The maximum atomic E-state index is 5.98. The summed E-state index contributed by atoms with van der Waals surface area (Å²) in [6, 6.07) is 13.8. The number of benzene rings is 1. The lowest BCUT2D eigenvalue weighted by molar-refractivity contribution is 0.588. The highest BCUT2D eigenvalue weighted by Crippen LogP contribution is 2.31. The minimum Gasteiger partial charge on any atom is -0.436 e. The van der Waals surface area contributed by atoms with Crippen molar-refractivity contribution in [1.82, 2.24) is 24.9 Å². The molecule has 0 saturated carbocycles. The van der Waals surface area contributed by atoms with Crippen molar-refractivity contribution >= 4 is 17.0 Å². The molecule has 29 heavy (non-hydrogen) atoms. The molecule has 0 unspecified atom stereocenters. The first kappa shape index (κ1) is 17.1. The molecule has 0 saturated heterocycles. The van der Waals surface area contributed by atoms with Gasteiger partial charge in [-0.2, -0.15) is 0 Å². The summed E-state index contributed by atoms with van der Waals surface area (Å²) < 4.78 is 5.98. The molecule has 1 aromatic carbocycles. The maximum absolute atomic E-state index is 5.98. The van der Waals surface area contributed by atoms with Gasteiger partial charge in [-0.25, -0.2) is 19.9 Å². The number of aromatic amines is 1. The van der Waals surface area contributed by atoms with Crippen molar-refractivity contribution in [1.29, 1.82) is 0 Å². The number of H-pyrrole nitrogens is 1. The fraction of sp³-hybridized carbons (Fsp3) is 0.0909. The van der Waals surface area contributed by atoms with E-state index in [-0.39, 0.29) is 5.95 Å². The fourth-order valence-electron chi connectivity index (χ4n) is 3.31. The summed E-state index contributed by atoms with van der Waals surface area (Å²) in [6.45, 7) is 2.04. The van der Waals surface area contributed by atoms with Crippen molar-refractivity contribution in [3.63, 3.8) is 0 Å². The number of nitrogens with zero attached hydrogens (tertiary/aromatic N) is 4. The number of aromatic nitrogens is 5. The molecule has 0 radical (unpaired) electrons. The molecular formula is C22H18N6O. The quantitative estimate of drug-likeness (QED) is 0.474. The van der Waals surface area contributed by atoms with Crippen LogP contribution in [0.1, 0.15) is 12.6 Å². The highest BCUT2D eigenvalue weighted by molar-refractivity contribution is 5.94. The summed E-state index contributed by atoms with van der Waals surface area (Å²) in [4.78, 5) is 20.8. The van der Waals surface area contributed by atoms with Gasteiger partial charge in [-0.05, 0) is 18.6 Å². The van der Waals surface area contributed by atoms with Crippen LogP contribution in [0.25, 0.3) is 45.1 Å². The molecule has 5 rings (SSSR count). The predicted molar refractivity (Wildman–Crippen MR) is 112 cm³/mol. The Hall–Kier alpha value is -4.00. The number of hydrogen-bond donors (Lipinski definition) is 2. The number of hydrogen-bond acceptors (Lipinski definition) is 6. The number of nitrogens with one attached hydrogen (secondary N) is 1. The second-order valence-corrected chi connectivity index (χ2v) is 6.67. The summed E-state index contributed by atoms with van der Waals surface area (Å²) in [5.74, 6) is 1.49. The average Bonchev–Trinajstić information content (AvgIpc) is 3.41. The molecule has 7 nitrogen and oxygen atoms in total. The van der Waals surface area contributed by atoms with Crippen LogP contribution in [0.3, 0.4) is 0 Å². The number of oxazole rings is 1.